The van der Waals surface area contributed by atoms with Crippen molar-refractivity contribution in [3.05, 3.63) is 71.7 Å². The number of aliphatic imine (C=N–C) groups is 1. The number of imide groups is 1. The molecule has 2 aromatic rings. The van der Waals surface area contributed by atoms with Crippen molar-refractivity contribution < 1.29 is 18.8 Å². The molecule has 0 unspecified atom stereocenters. The van der Waals surface area contributed by atoms with Crippen molar-refractivity contribution in [2.24, 2.45) is 10.9 Å². The molecule has 0 aromatic heterocycles. The van der Waals surface area contributed by atoms with Crippen LogP contribution in [-0.4, -0.2) is 35.3 Å². The monoisotopic (exact) mass is 468 g/mol. The number of halogens is 1. The van der Waals surface area contributed by atoms with Crippen molar-refractivity contribution in [1.29, 1.82) is 0 Å². The standard InChI is InChI=1S/C24H25FN4O3S/c1-16(2)12-13-26-23(32)28-21(30)15-33-24-27-20(14-17-6-4-3-5-7-17)22(31)29(24)19-10-8-18(25)9-11-19/h3-11,14,16H,12-13,15H2,1-2H3,(H2,26,28,30,32)/b20-14-. The number of thioether (sulfide) groups is 1. The number of benzene rings is 2. The molecule has 3 rings (SSSR count). The number of carbonyl (C=O) groups excluding carboxylic acids is 3. The molecule has 172 valence electrons. The Hall–Kier alpha value is -3.46. The summed E-state index contributed by atoms with van der Waals surface area (Å²) < 4.78 is 13.4. The first kappa shape index (κ1) is 24.2. The molecule has 0 aliphatic carbocycles. The molecule has 7 nitrogen and oxygen atoms in total. The van der Waals surface area contributed by atoms with Crippen LogP contribution in [0.5, 0.6) is 0 Å². The first-order valence-electron chi connectivity index (χ1n) is 10.5. The third-order valence-electron chi connectivity index (χ3n) is 4.61. The molecule has 1 aliphatic rings. The van der Waals surface area contributed by atoms with Crippen molar-refractivity contribution in [1.82, 2.24) is 10.6 Å². The SMILES string of the molecule is CC(C)CCNC(=O)NC(=O)CSC1=N/C(=C\c2ccccc2)C(=O)N1c1ccc(F)cc1. The molecule has 0 spiro atoms. The first-order valence-corrected chi connectivity index (χ1v) is 11.5. The van der Waals surface area contributed by atoms with Gasteiger partial charge in [-0.15, -0.1) is 0 Å². The van der Waals surface area contributed by atoms with Gasteiger partial charge in [0.25, 0.3) is 5.91 Å². The number of amides is 4. The van der Waals surface area contributed by atoms with E-state index in [1.807, 2.05) is 44.2 Å². The number of anilines is 1. The van der Waals surface area contributed by atoms with Gasteiger partial charge >= 0.3 is 6.03 Å². The lowest BCUT2D eigenvalue weighted by atomic mass is 10.1. The summed E-state index contributed by atoms with van der Waals surface area (Å²) in [7, 11) is 0. The zero-order valence-corrected chi connectivity index (χ0v) is 19.2. The molecule has 2 N–H and O–H groups in total. The fraction of sp³-hybridized carbons (Fsp3) is 0.250. The maximum absolute atomic E-state index is 13.4. The van der Waals surface area contributed by atoms with E-state index < -0.39 is 17.8 Å². The minimum atomic E-state index is -0.564. The molecule has 0 saturated heterocycles. The highest BCUT2D eigenvalue weighted by atomic mass is 32.2. The smallest absolute Gasteiger partial charge is 0.321 e. The lowest BCUT2D eigenvalue weighted by Crippen LogP contribution is -2.41. The van der Waals surface area contributed by atoms with Gasteiger partial charge in [0.05, 0.1) is 11.4 Å². The highest BCUT2D eigenvalue weighted by Crippen LogP contribution is 2.29. The van der Waals surface area contributed by atoms with Gasteiger partial charge in [0, 0.05) is 6.54 Å². The van der Waals surface area contributed by atoms with Gasteiger partial charge in [0.1, 0.15) is 11.5 Å². The third-order valence-corrected chi connectivity index (χ3v) is 5.55. The molecule has 0 saturated carbocycles. The number of nitrogens with zero attached hydrogens (tertiary/aromatic N) is 2. The second kappa shape index (κ2) is 11.4. The van der Waals surface area contributed by atoms with Crippen LogP contribution >= 0.6 is 11.8 Å². The summed E-state index contributed by atoms with van der Waals surface area (Å²) in [5.41, 5.74) is 1.42. The van der Waals surface area contributed by atoms with Crippen molar-refractivity contribution in [2.45, 2.75) is 20.3 Å². The largest absolute Gasteiger partial charge is 0.338 e. The second-order valence-corrected chi connectivity index (χ2v) is 8.67. The zero-order valence-electron chi connectivity index (χ0n) is 18.4. The van der Waals surface area contributed by atoms with Crippen molar-refractivity contribution in [3.63, 3.8) is 0 Å². The van der Waals surface area contributed by atoms with Gasteiger partial charge in [-0.1, -0.05) is 55.9 Å². The molecule has 0 atom stereocenters. The van der Waals surface area contributed by atoms with Gasteiger partial charge in [-0.2, -0.15) is 0 Å². The van der Waals surface area contributed by atoms with Crippen molar-refractivity contribution >= 4 is 46.5 Å². The Balaban J connectivity index is 1.72. The van der Waals surface area contributed by atoms with E-state index in [4.69, 9.17) is 0 Å². The van der Waals surface area contributed by atoms with E-state index in [-0.39, 0.29) is 22.5 Å². The number of carbonyl (C=O) groups is 3. The highest BCUT2D eigenvalue weighted by Gasteiger charge is 2.32. The third kappa shape index (κ3) is 7.01. The number of hydrogen-bond donors (Lipinski definition) is 2. The highest BCUT2D eigenvalue weighted by molar-refractivity contribution is 8.14. The van der Waals surface area contributed by atoms with Crippen molar-refractivity contribution in [2.75, 3.05) is 17.2 Å². The van der Waals surface area contributed by atoms with Gasteiger partial charge in [-0.3, -0.25) is 19.8 Å². The van der Waals surface area contributed by atoms with Crippen LogP contribution in [0.15, 0.2) is 65.3 Å². The van der Waals surface area contributed by atoms with E-state index in [1.165, 1.54) is 29.2 Å². The molecule has 1 aliphatic heterocycles. The lowest BCUT2D eigenvalue weighted by Gasteiger charge is -2.17. The van der Waals surface area contributed by atoms with Gasteiger partial charge < -0.3 is 5.32 Å². The summed E-state index contributed by atoms with van der Waals surface area (Å²) in [6.45, 7) is 4.55. The molecule has 33 heavy (non-hydrogen) atoms. The fourth-order valence-corrected chi connectivity index (χ4v) is 3.74. The van der Waals surface area contributed by atoms with Gasteiger partial charge in [0.2, 0.25) is 5.91 Å². The molecular weight excluding hydrogens is 443 g/mol. The number of hydrogen-bond acceptors (Lipinski definition) is 5. The van der Waals surface area contributed by atoms with E-state index in [0.29, 0.717) is 18.2 Å². The molecule has 2 aromatic carbocycles. The lowest BCUT2D eigenvalue weighted by molar-refractivity contribution is -0.117. The summed E-state index contributed by atoms with van der Waals surface area (Å²) in [4.78, 5) is 42.9. The molecule has 0 fully saturated rings. The molecule has 9 heteroatoms. The summed E-state index contributed by atoms with van der Waals surface area (Å²) >= 11 is 1.02. The minimum Gasteiger partial charge on any atom is -0.338 e. The van der Waals surface area contributed by atoms with Gasteiger partial charge in [-0.25, -0.2) is 14.2 Å². The van der Waals surface area contributed by atoms with E-state index in [9.17, 15) is 18.8 Å². The number of urea groups is 1. The van der Waals surface area contributed by atoms with Crippen LogP contribution in [0.3, 0.4) is 0 Å². The minimum absolute atomic E-state index is 0.125. The molecule has 0 bridgehead atoms. The van der Waals surface area contributed by atoms with Crippen LogP contribution in [0.1, 0.15) is 25.8 Å². The van der Waals surface area contributed by atoms with Crippen molar-refractivity contribution in [3.8, 4) is 0 Å². The molecular formula is C24H25FN4O3S. The maximum atomic E-state index is 13.4. The topological polar surface area (TPSA) is 90.9 Å². The van der Waals surface area contributed by atoms with Crippen LogP contribution < -0.4 is 15.5 Å². The quantitative estimate of drug-likeness (QED) is 0.597. The Kier molecular flexibility index (Phi) is 8.37. The van der Waals surface area contributed by atoms with E-state index in [0.717, 1.165) is 23.7 Å². The first-order chi connectivity index (χ1) is 15.8. The fourth-order valence-electron chi connectivity index (χ4n) is 2.93. The predicted octanol–water partition coefficient (Wildman–Crippen LogP) is 4.17. The Morgan fingerprint density at radius 2 is 1.82 bits per heavy atom. The normalized spacial score (nSPS) is 14.5. The molecule has 4 amide bonds. The molecule has 1 heterocycles. The Morgan fingerprint density at radius 1 is 1.12 bits per heavy atom. The number of rotatable bonds is 7. The second-order valence-electron chi connectivity index (χ2n) is 7.73. The van der Waals surface area contributed by atoms with Crippen LogP contribution in [0.25, 0.3) is 6.08 Å². The summed E-state index contributed by atoms with van der Waals surface area (Å²) in [5, 5.41) is 5.17. The van der Waals surface area contributed by atoms with Crippen LogP contribution in [0.2, 0.25) is 0 Å². The summed E-state index contributed by atoms with van der Waals surface area (Å²) in [6, 6.07) is 14.1. The Bertz CT molecular complexity index is 1070. The van der Waals surface area contributed by atoms with Gasteiger partial charge in [0.15, 0.2) is 5.17 Å². The Labute approximate surface area is 196 Å². The summed E-state index contributed by atoms with van der Waals surface area (Å²) in [6.07, 6.45) is 2.45. The average molecular weight is 469 g/mol. The van der Waals surface area contributed by atoms with Crippen LogP contribution in [0, 0.1) is 11.7 Å². The predicted molar refractivity (Wildman–Crippen MR) is 129 cm³/mol. The summed E-state index contributed by atoms with van der Waals surface area (Å²) in [5.74, 6) is -1.03. The van der Waals surface area contributed by atoms with E-state index in [2.05, 4.69) is 15.6 Å². The number of amidine groups is 1. The van der Waals surface area contributed by atoms with E-state index in [1.54, 1.807) is 6.08 Å². The van der Waals surface area contributed by atoms with Crippen LogP contribution in [0.4, 0.5) is 14.9 Å². The average Bonchev–Trinajstić information content (AvgIpc) is 3.08. The zero-order chi connectivity index (χ0) is 23.8. The maximum Gasteiger partial charge on any atom is 0.321 e. The Morgan fingerprint density at radius 3 is 2.48 bits per heavy atom. The van der Waals surface area contributed by atoms with Gasteiger partial charge in [-0.05, 0) is 48.2 Å². The van der Waals surface area contributed by atoms with Crippen LogP contribution in [-0.2, 0) is 9.59 Å². The molecule has 0 radical (unpaired) electrons. The number of nitrogens with one attached hydrogen (secondary N) is 2. The van der Waals surface area contributed by atoms with E-state index >= 15 is 0 Å².